The zero-order valence-corrected chi connectivity index (χ0v) is 19.0. The first-order chi connectivity index (χ1) is 14.9. The minimum atomic E-state index is -3.66. The van der Waals surface area contributed by atoms with Crippen molar-refractivity contribution in [3.05, 3.63) is 59.7 Å². The van der Waals surface area contributed by atoms with Crippen LogP contribution in [0.5, 0.6) is 0 Å². The van der Waals surface area contributed by atoms with Crippen LogP contribution in [0.3, 0.4) is 0 Å². The van der Waals surface area contributed by atoms with Gasteiger partial charge in [-0.3, -0.25) is 4.79 Å². The molecule has 0 bridgehead atoms. The van der Waals surface area contributed by atoms with Crippen LogP contribution in [-0.4, -0.2) is 65.1 Å². The van der Waals surface area contributed by atoms with Crippen LogP contribution >= 0.6 is 0 Å². The topological polar surface area (TPSA) is 79.0 Å². The Bertz CT molecular complexity index is 974. The SMILES string of the molecule is CCc1ccc(C(=O)NCCCN(C)c2ccccc2)cc1S(=O)(=O)N1CCOCC1. The van der Waals surface area contributed by atoms with E-state index in [2.05, 4.69) is 10.2 Å². The Morgan fingerprint density at radius 3 is 2.52 bits per heavy atom. The highest BCUT2D eigenvalue weighted by molar-refractivity contribution is 7.89. The highest BCUT2D eigenvalue weighted by Crippen LogP contribution is 2.23. The van der Waals surface area contributed by atoms with Gasteiger partial charge in [-0.1, -0.05) is 31.2 Å². The Kier molecular flexibility index (Phi) is 8.06. The van der Waals surface area contributed by atoms with Gasteiger partial charge in [-0.2, -0.15) is 4.31 Å². The first-order valence-electron chi connectivity index (χ1n) is 10.7. The Morgan fingerprint density at radius 1 is 1.13 bits per heavy atom. The summed E-state index contributed by atoms with van der Waals surface area (Å²) in [5.41, 5.74) is 2.20. The quantitative estimate of drug-likeness (QED) is 0.600. The third-order valence-electron chi connectivity index (χ3n) is 5.45. The summed E-state index contributed by atoms with van der Waals surface area (Å²) in [6, 6.07) is 15.0. The molecule has 0 aliphatic carbocycles. The van der Waals surface area contributed by atoms with E-state index >= 15 is 0 Å². The van der Waals surface area contributed by atoms with E-state index in [-0.39, 0.29) is 10.8 Å². The lowest BCUT2D eigenvalue weighted by atomic mass is 10.1. The number of rotatable bonds is 9. The molecule has 1 aliphatic heterocycles. The summed E-state index contributed by atoms with van der Waals surface area (Å²) in [6.07, 6.45) is 1.36. The van der Waals surface area contributed by atoms with Gasteiger partial charge in [0.1, 0.15) is 0 Å². The van der Waals surface area contributed by atoms with Crippen molar-refractivity contribution in [1.29, 1.82) is 0 Å². The molecule has 1 heterocycles. The van der Waals surface area contributed by atoms with E-state index in [1.54, 1.807) is 12.1 Å². The third-order valence-corrected chi connectivity index (χ3v) is 7.43. The van der Waals surface area contributed by atoms with E-state index in [0.717, 1.165) is 18.7 Å². The van der Waals surface area contributed by atoms with Gasteiger partial charge in [-0.05, 0) is 42.7 Å². The fraction of sp³-hybridized carbons (Fsp3) is 0.435. The number of carbonyl (C=O) groups is 1. The van der Waals surface area contributed by atoms with Crippen LogP contribution in [0.25, 0.3) is 0 Å². The number of amides is 1. The summed E-state index contributed by atoms with van der Waals surface area (Å²) in [5.74, 6) is -0.261. The van der Waals surface area contributed by atoms with Crippen LogP contribution in [0, 0.1) is 0 Å². The summed E-state index contributed by atoms with van der Waals surface area (Å²) >= 11 is 0. The van der Waals surface area contributed by atoms with E-state index in [4.69, 9.17) is 4.74 Å². The van der Waals surface area contributed by atoms with Crippen LogP contribution < -0.4 is 10.2 Å². The summed E-state index contributed by atoms with van der Waals surface area (Å²) in [7, 11) is -1.64. The normalized spacial score (nSPS) is 14.9. The van der Waals surface area contributed by atoms with Gasteiger partial charge in [0.2, 0.25) is 10.0 Å². The second-order valence-corrected chi connectivity index (χ2v) is 9.47. The molecule has 0 aromatic heterocycles. The van der Waals surface area contributed by atoms with Crippen molar-refractivity contribution in [2.75, 3.05) is 51.3 Å². The zero-order valence-electron chi connectivity index (χ0n) is 18.2. The van der Waals surface area contributed by atoms with Gasteiger partial charge >= 0.3 is 0 Å². The second kappa shape index (κ2) is 10.7. The van der Waals surface area contributed by atoms with E-state index in [9.17, 15) is 13.2 Å². The van der Waals surface area contributed by atoms with Crippen LogP contribution in [0.4, 0.5) is 5.69 Å². The van der Waals surface area contributed by atoms with E-state index in [0.29, 0.717) is 50.4 Å². The average molecular weight is 446 g/mol. The molecule has 0 radical (unpaired) electrons. The number of nitrogens with zero attached hydrogens (tertiary/aromatic N) is 2. The molecule has 168 valence electrons. The molecule has 0 spiro atoms. The maximum Gasteiger partial charge on any atom is 0.251 e. The van der Waals surface area contributed by atoms with Gasteiger partial charge in [0.15, 0.2) is 0 Å². The minimum absolute atomic E-state index is 0.216. The number of nitrogens with one attached hydrogen (secondary N) is 1. The molecule has 1 saturated heterocycles. The molecule has 2 aromatic rings. The fourth-order valence-corrected chi connectivity index (χ4v) is 5.31. The number of benzene rings is 2. The molecule has 2 aromatic carbocycles. The lowest BCUT2D eigenvalue weighted by Crippen LogP contribution is -2.41. The average Bonchev–Trinajstić information content (AvgIpc) is 2.82. The lowest BCUT2D eigenvalue weighted by Gasteiger charge is -2.27. The number of sulfonamides is 1. The number of aryl methyl sites for hydroxylation is 1. The Labute approximate surface area is 185 Å². The molecule has 3 rings (SSSR count). The number of carbonyl (C=O) groups excluding carboxylic acids is 1. The monoisotopic (exact) mass is 445 g/mol. The first kappa shape index (κ1) is 23.2. The maximum atomic E-state index is 13.1. The standard InChI is InChI=1S/C23H31N3O4S/c1-3-19-10-11-20(18-22(19)31(28,29)26-14-16-30-17-15-26)23(27)24-12-7-13-25(2)21-8-5-4-6-9-21/h4-6,8-11,18H,3,7,12-17H2,1-2H3,(H,24,27). The molecule has 1 fully saturated rings. The van der Waals surface area contributed by atoms with Crippen LogP contribution in [-0.2, 0) is 21.2 Å². The molecule has 1 N–H and O–H groups in total. The van der Waals surface area contributed by atoms with Gasteiger partial charge in [0.05, 0.1) is 18.1 Å². The Hall–Kier alpha value is -2.42. The van der Waals surface area contributed by atoms with Crippen molar-refractivity contribution in [2.24, 2.45) is 0 Å². The summed E-state index contributed by atoms with van der Waals surface area (Å²) in [5, 5.41) is 2.91. The van der Waals surface area contributed by atoms with Crippen molar-refractivity contribution in [3.63, 3.8) is 0 Å². The number of hydrogen-bond acceptors (Lipinski definition) is 5. The minimum Gasteiger partial charge on any atom is -0.379 e. The van der Waals surface area contributed by atoms with Crippen molar-refractivity contribution in [2.45, 2.75) is 24.7 Å². The first-order valence-corrected chi connectivity index (χ1v) is 12.1. The van der Waals surface area contributed by atoms with E-state index in [1.807, 2.05) is 44.3 Å². The van der Waals surface area contributed by atoms with Crippen molar-refractivity contribution >= 4 is 21.6 Å². The van der Waals surface area contributed by atoms with Gasteiger partial charge < -0.3 is 15.0 Å². The van der Waals surface area contributed by atoms with Crippen LogP contribution in [0.15, 0.2) is 53.4 Å². The molecule has 31 heavy (non-hydrogen) atoms. The largest absolute Gasteiger partial charge is 0.379 e. The summed E-state index contributed by atoms with van der Waals surface area (Å²) in [6.45, 7) is 4.66. The van der Waals surface area contributed by atoms with Crippen molar-refractivity contribution < 1.29 is 17.9 Å². The molecule has 0 unspecified atom stereocenters. The fourth-order valence-electron chi connectivity index (χ4n) is 3.59. The van der Waals surface area contributed by atoms with Crippen LogP contribution in [0.1, 0.15) is 29.3 Å². The molecule has 8 heteroatoms. The highest BCUT2D eigenvalue weighted by atomic mass is 32.2. The zero-order chi connectivity index (χ0) is 22.3. The molecule has 7 nitrogen and oxygen atoms in total. The van der Waals surface area contributed by atoms with Gasteiger partial charge in [-0.25, -0.2) is 8.42 Å². The van der Waals surface area contributed by atoms with E-state index in [1.165, 1.54) is 10.4 Å². The molecule has 1 aliphatic rings. The number of para-hydroxylation sites is 1. The molecular formula is C23H31N3O4S. The second-order valence-electron chi connectivity index (χ2n) is 7.56. The molecule has 0 saturated carbocycles. The Balaban J connectivity index is 1.63. The Morgan fingerprint density at radius 2 is 1.84 bits per heavy atom. The predicted octanol–water partition coefficient (Wildman–Crippen LogP) is 2.53. The van der Waals surface area contributed by atoms with Gasteiger partial charge in [-0.15, -0.1) is 0 Å². The van der Waals surface area contributed by atoms with Gasteiger partial charge in [0, 0.05) is 44.5 Å². The van der Waals surface area contributed by atoms with Crippen molar-refractivity contribution in [1.82, 2.24) is 9.62 Å². The van der Waals surface area contributed by atoms with Crippen molar-refractivity contribution in [3.8, 4) is 0 Å². The lowest BCUT2D eigenvalue weighted by molar-refractivity contribution is 0.0730. The molecule has 1 amide bonds. The van der Waals surface area contributed by atoms with Gasteiger partial charge in [0.25, 0.3) is 5.91 Å². The third kappa shape index (κ3) is 5.84. The summed E-state index contributed by atoms with van der Waals surface area (Å²) in [4.78, 5) is 15.0. The van der Waals surface area contributed by atoms with Crippen LogP contribution in [0.2, 0.25) is 0 Å². The highest BCUT2D eigenvalue weighted by Gasteiger charge is 2.29. The maximum absolute atomic E-state index is 13.1. The number of hydrogen-bond donors (Lipinski definition) is 1. The summed E-state index contributed by atoms with van der Waals surface area (Å²) < 4.78 is 33.0. The molecule has 0 atom stereocenters. The van der Waals surface area contributed by atoms with E-state index < -0.39 is 10.0 Å². The number of morpholine rings is 1. The predicted molar refractivity (Wildman–Crippen MR) is 122 cm³/mol. The number of anilines is 1. The smallest absolute Gasteiger partial charge is 0.251 e. The molecular weight excluding hydrogens is 414 g/mol. The number of ether oxygens (including phenoxy) is 1.